The lowest BCUT2D eigenvalue weighted by Gasteiger charge is -2.29. The van der Waals surface area contributed by atoms with Crippen molar-refractivity contribution in [1.29, 1.82) is 0 Å². The molecule has 4 heteroatoms. The maximum Gasteiger partial charge on any atom is 0.183 e. The summed E-state index contributed by atoms with van der Waals surface area (Å²) in [5.74, 6) is 0.873. The van der Waals surface area contributed by atoms with Crippen molar-refractivity contribution in [3.05, 3.63) is 29.8 Å². The van der Waals surface area contributed by atoms with Crippen molar-refractivity contribution in [2.24, 2.45) is 0 Å². The Morgan fingerprint density at radius 1 is 1.17 bits per heavy atom. The zero-order valence-electron chi connectivity index (χ0n) is 11.2. The first-order valence-electron chi connectivity index (χ1n) is 6.36. The Hall–Kier alpha value is -1.10. The van der Waals surface area contributed by atoms with Gasteiger partial charge < -0.3 is 19.5 Å². The van der Waals surface area contributed by atoms with Crippen LogP contribution in [0.3, 0.4) is 0 Å². The molecule has 0 radical (unpaired) electrons. The number of rotatable bonds is 4. The summed E-state index contributed by atoms with van der Waals surface area (Å²) in [5, 5.41) is 3.14. The Morgan fingerprint density at radius 3 is 2.28 bits per heavy atom. The fourth-order valence-corrected chi connectivity index (χ4v) is 1.84. The number of ether oxygens (including phenoxy) is 3. The van der Waals surface area contributed by atoms with Crippen molar-refractivity contribution < 1.29 is 14.2 Å². The molecule has 0 unspecified atom stereocenters. The van der Waals surface area contributed by atoms with Gasteiger partial charge in [-0.05, 0) is 33.0 Å². The molecule has 1 aliphatic rings. The third-order valence-corrected chi connectivity index (χ3v) is 2.83. The summed E-state index contributed by atoms with van der Waals surface area (Å²) in [6.45, 7) is 5.37. The summed E-state index contributed by atoms with van der Waals surface area (Å²) >= 11 is 0. The van der Waals surface area contributed by atoms with Crippen molar-refractivity contribution in [3.63, 3.8) is 0 Å². The molecule has 1 aromatic carbocycles. The molecule has 1 aliphatic heterocycles. The lowest BCUT2D eigenvalue weighted by Crippen LogP contribution is -2.40. The van der Waals surface area contributed by atoms with Crippen LogP contribution in [0.15, 0.2) is 24.3 Å². The van der Waals surface area contributed by atoms with E-state index in [1.807, 2.05) is 45.2 Å². The highest BCUT2D eigenvalue weighted by molar-refractivity contribution is 5.28. The zero-order valence-corrected chi connectivity index (χ0v) is 11.2. The SMILES string of the molecule is CNC1COC(c2ccc(OC(C)C)cc2)OC1. The molecule has 1 fully saturated rings. The molecule has 4 nitrogen and oxygen atoms in total. The average molecular weight is 251 g/mol. The quantitative estimate of drug-likeness (QED) is 0.889. The van der Waals surface area contributed by atoms with Crippen molar-refractivity contribution >= 4 is 0 Å². The van der Waals surface area contributed by atoms with E-state index in [0.717, 1.165) is 11.3 Å². The molecule has 0 spiro atoms. The van der Waals surface area contributed by atoms with E-state index < -0.39 is 0 Å². The predicted molar refractivity (Wildman–Crippen MR) is 69.7 cm³/mol. The van der Waals surface area contributed by atoms with Gasteiger partial charge in [0.05, 0.1) is 25.4 Å². The predicted octanol–water partition coefficient (Wildman–Crippen LogP) is 2.11. The van der Waals surface area contributed by atoms with Gasteiger partial charge in [0.25, 0.3) is 0 Å². The van der Waals surface area contributed by atoms with Crippen LogP contribution in [0.5, 0.6) is 5.75 Å². The Kier molecular flexibility index (Phi) is 4.58. The molecular formula is C14H21NO3. The molecule has 0 atom stereocenters. The number of benzene rings is 1. The molecular weight excluding hydrogens is 230 g/mol. The van der Waals surface area contributed by atoms with E-state index >= 15 is 0 Å². The molecule has 0 amide bonds. The third-order valence-electron chi connectivity index (χ3n) is 2.83. The van der Waals surface area contributed by atoms with Crippen LogP contribution in [0.1, 0.15) is 25.7 Å². The lowest BCUT2D eigenvalue weighted by atomic mass is 10.2. The van der Waals surface area contributed by atoms with Crippen LogP contribution < -0.4 is 10.1 Å². The molecule has 1 aromatic rings. The van der Waals surface area contributed by atoms with Crippen molar-refractivity contribution in [2.75, 3.05) is 20.3 Å². The van der Waals surface area contributed by atoms with E-state index in [9.17, 15) is 0 Å². The van der Waals surface area contributed by atoms with Gasteiger partial charge in [0.1, 0.15) is 5.75 Å². The van der Waals surface area contributed by atoms with Crippen LogP contribution >= 0.6 is 0 Å². The zero-order chi connectivity index (χ0) is 13.0. The summed E-state index contributed by atoms with van der Waals surface area (Å²) in [4.78, 5) is 0. The lowest BCUT2D eigenvalue weighted by molar-refractivity contribution is -0.193. The van der Waals surface area contributed by atoms with Gasteiger partial charge in [-0.25, -0.2) is 0 Å². The minimum absolute atomic E-state index is 0.189. The first-order chi connectivity index (χ1) is 8.69. The summed E-state index contributed by atoms with van der Waals surface area (Å²) in [7, 11) is 1.91. The van der Waals surface area contributed by atoms with Gasteiger partial charge in [-0.3, -0.25) is 0 Å². The Labute approximate surface area is 108 Å². The molecule has 18 heavy (non-hydrogen) atoms. The molecule has 1 N–H and O–H groups in total. The molecule has 2 rings (SSSR count). The maximum absolute atomic E-state index is 5.66. The van der Waals surface area contributed by atoms with Gasteiger partial charge in [-0.1, -0.05) is 12.1 Å². The van der Waals surface area contributed by atoms with E-state index in [0.29, 0.717) is 13.2 Å². The molecule has 0 aliphatic carbocycles. The van der Waals surface area contributed by atoms with E-state index in [1.165, 1.54) is 0 Å². The van der Waals surface area contributed by atoms with E-state index in [2.05, 4.69) is 5.32 Å². The first-order valence-corrected chi connectivity index (χ1v) is 6.36. The molecule has 0 saturated carbocycles. The smallest absolute Gasteiger partial charge is 0.183 e. The fraction of sp³-hybridized carbons (Fsp3) is 0.571. The van der Waals surface area contributed by atoms with Gasteiger partial charge in [0.2, 0.25) is 0 Å². The highest BCUT2D eigenvalue weighted by Crippen LogP contribution is 2.25. The molecule has 1 heterocycles. The number of hydrogen-bond acceptors (Lipinski definition) is 4. The van der Waals surface area contributed by atoms with Crippen LogP contribution in [0, 0.1) is 0 Å². The average Bonchev–Trinajstić information content (AvgIpc) is 2.39. The van der Waals surface area contributed by atoms with E-state index in [4.69, 9.17) is 14.2 Å². The van der Waals surface area contributed by atoms with Crippen molar-refractivity contribution in [3.8, 4) is 5.75 Å². The highest BCUT2D eigenvalue weighted by Gasteiger charge is 2.22. The second kappa shape index (κ2) is 6.18. The third kappa shape index (κ3) is 3.45. The van der Waals surface area contributed by atoms with Crippen molar-refractivity contribution in [1.82, 2.24) is 5.32 Å². The summed E-state index contributed by atoms with van der Waals surface area (Å²) in [6.07, 6.45) is -0.0721. The number of hydrogen-bond donors (Lipinski definition) is 1. The second-order valence-electron chi connectivity index (χ2n) is 4.72. The van der Waals surface area contributed by atoms with E-state index in [1.54, 1.807) is 0 Å². The maximum atomic E-state index is 5.66. The minimum Gasteiger partial charge on any atom is -0.491 e. The standard InChI is InChI=1S/C14H21NO3/c1-10(2)18-13-6-4-11(5-7-13)14-16-8-12(15-3)9-17-14/h4-7,10,12,14-15H,8-9H2,1-3H3. The highest BCUT2D eigenvalue weighted by atomic mass is 16.7. The number of nitrogens with one attached hydrogen (secondary N) is 1. The van der Waals surface area contributed by atoms with Crippen LogP contribution in [-0.4, -0.2) is 32.4 Å². The van der Waals surface area contributed by atoms with Crippen molar-refractivity contribution in [2.45, 2.75) is 32.3 Å². The summed E-state index contributed by atoms with van der Waals surface area (Å²) in [6, 6.07) is 8.16. The van der Waals surface area contributed by atoms with E-state index in [-0.39, 0.29) is 18.4 Å². The summed E-state index contributed by atoms with van der Waals surface area (Å²) < 4.78 is 16.9. The number of likely N-dealkylation sites (N-methyl/N-ethyl adjacent to an activating group) is 1. The van der Waals surface area contributed by atoms with Crippen LogP contribution in [0.4, 0.5) is 0 Å². The topological polar surface area (TPSA) is 39.7 Å². The van der Waals surface area contributed by atoms with Gasteiger partial charge in [-0.15, -0.1) is 0 Å². The normalized spacial score (nSPS) is 24.2. The molecule has 1 saturated heterocycles. The van der Waals surface area contributed by atoms with Gasteiger partial charge in [0, 0.05) is 5.56 Å². The van der Waals surface area contributed by atoms with Gasteiger partial charge in [0.15, 0.2) is 6.29 Å². The monoisotopic (exact) mass is 251 g/mol. The fourth-order valence-electron chi connectivity index (χ4n) is 1.84. The largest absolute Gasteiger partial charge is 0.491 e. The Bertz CT molecular complexity index is 356. The van der Waals surface area contributed by atoms with Gasteiger partial charge >= 0.3 is 0 Å². The van der Waals surface area contributed by atoms with Gasteiger partial charge in [-0.2, -0.15) is 0 Å². The van der Waals surface area contributed by atoms with Crippen LogP contribution in [-0.2, 0) is 9.47 Å². The Balaban J connectivity index is 1.93. The van der Waals surface area contributed by atoms with Crippen LogP contribution in [0.2, 0.25) is 0 Å². The molecule has 0 aromatic heterocycles. The minimum atomic E-state index is -0.261. The van der Waals surface area contributed by atoms with Crippen LogP contribution in [0.25, 0.3) is 0 Å². The Morgan fingerprint density at radius 2 is 1.78 bits per heavy atom. The second-order valence-corrected chi connectivity index (χ2v) is 4.72. The first kappa shape index (κ1) is 13.3. The molecule has 0 bridgehead atoms. The summed E-state index contributed by atoms with van der Waals surface area (Å²) in [5.41, 5.74) is 1.03. The molecule has 100 valence electrons.